The van der Waals surface area contributed by atoms with Gasteiger partial charge in [0, 0.05) is 5.56 Å². The van der Waals surface area contributed by atoms with Crippen molar-refractivity contribution in [2.45, 2.75) is 38.6 Å². The molecular weight excluding hydrogens is 280 g/mol. The van der Waals surface area contributed by atoms with E-state index >= 15 is 0 Å². The Labute approximate surface area is 121 Å². The van der Waals surface area contributed by atoms with Crippen LogP contribution in [-0.2, 0) is 11.2 Å². The molecule has 0 aromatic heterocycles. The number of amides is 1. The average molecular weight is 299 g/mol. The number of nitrogens with one attached hydrogen (secondary N) is 1. The minimum atomic E-state index is -1.03. The fourth-order valence-corrected chi connectivity index (χ4v) is 2.12. The molecule has 116 valence electrons. The standard InChI is InChI=1S/C14H19F2N3O2/c1-3-14(4-2,13(17)19-21)18-12(20)8-9-10(15)6-5-7-11(9)16/h5-7,21H,3-4,8H2,1-2H3,(H2,17,19)(H,18,20). The Kier molecular flexibility index (Phi) is 5.63. The zero-order valence-corrected chi connectivity index (χ0v) is 12.0. The topological polar surface area (TPSA) is 87.7 Å². The maximum Gasteiger partial charge on any atom is 0.225 e. The number of amidine groups is 1. The van der Waals surface area contributed by atoms with Crippen LogP contribution in [0.25, 0.3) is 0 Å². The lowest BCUT2D eigenvalue weighted by Gasteiger charge is -2.31. The Morgan fingerprint density at radius 1 is 1.33 bits per heavy atom. The van der Waals surface area contributed by atoms with Gasteiger partial charge in [0.25, 0.3) is 0 Å². The van der Waals surface area contributed by atoms with E-state index in [1.807, 2.05) is 0 Å². The first kappa shape index (κ1) is 16.9. The SMILES string of the molecule is CCC(CC)(NC(=O)Cc1c(F)cccc1F)/C(N)=N/O. The third-order valence-corrected chi connectivity index (χ3v) is 3.58. The van der Waals surface area contributed by atoms with E-state index in [2.05, 4.69) is 10.5 Å². The number of oxime groups is 1. The van der Waals surface area contributed by atoms with Crippen LogP contribution in [0.1, 0.15) is 32.3 Å². The summed E-state index contributed by atoms with van der Waals surface area (Å²) in [5.74, 6) is -2.32. The number of halogens is 2. The van der Waals surface area contributed by atoms with Gasteiger partial charge in [-0.3, -0.25) is 4.79 Å². The van der Waals surface area contributed by atoms with E-state index in [4.69, 9.17) is 10.9 Å². The molecule has 0 unspecified atom stereocenters. The molecule has 7 heteroatoms. The van der Waals surface area contributed by atoms with Gasteiger partial charge in [-0.2, -0.15) is 0 Å². The highest BCUT2D eigenvalue weighted by Crippen LogP contribution is 2.17. The summed E-state index contributed by atoms with van der Waals surface area (Å²) in [4.78, 5) is 12.0. The van der Waals surface area contributed by atoms with Crippen LogP contribution in [0.3, 0.4) is 0 Å². The van der Waals surface area contributed by atoms with Crippen LogP contribution in [0.4, 0.5) is 8.78 Å². The number of carbonyl (C=O) groups is 1. The second kappa shape index (κ2) is 7.01. The molecule has 4 N–H and O–H groups in total. The Hall–Kier alpha value is -2.18. The summed E-state index contributed by atoms with van der Waals surface area (Å²) in [5.41, 5.74) is 4.27. The lowest BCUT2D eigenvalue weighted by molar-refractivity contribution is -0.121. The molecule has 0 bridgehead atoms. The molecule has 0 aliphatic heterocycles. The largest absolute Gasteiger partial charge is 0.409 e. The molecule has 1 aromatic rings. The zero-order chi connectivity index (χ0) is 16.0. The van der Waals surface area contributed by atoms with Gasteiger partial charge in [0.1, 0.15) is 17.2 Å². The van der Waals surface area contributed by atoms with Crippen LogP contribution in [0.15, 0.2) is 23.4 Å². The number of hydrogen-bond acceptors (Lipinski definition) is 3. The highest BCUT2D eigenvalue weighted by Gasteiger charge is 2.33. The molecule has 0 atom stereocenters. The van der Waals surface area contributed by atoms with Gasteiger partial charge in [-0.25, -0.2) is 8.78 Å². The highest BCUT2D eigenvalue weighted by molar-refractivity contribution is 5.94. The fraction of sp³-hybridized carbons (Fsp3) is 0.429. The smallest absolute Gasteiger partial charge is 0.225 e. The number of benzene rings is 1. The third-order valence-electron chi connectivity index (χ3n) is 3.58. The van der Waals surface area contributed by atoms with Crippen molar-refractivity contribution in [1.29, 1.82) is 0 Å². The molecule has 0 saturated carbocycles. The number of carbonyl (C=O) groups excluding carboxylic acids is 1. The maximum atomic E-state index is 13.5. The van der Waals surface area contributed by atoms with Crippen molar-refractivity contribution in [3.05, 3.63) is 35.4 Å². The lowest BCUT2D eigenvalue weighted by atomic mass is 9.91. The second-order valence-electron chi connectivity index (χ2n) is 4.70. The average Bonchev–Trinajstić information content (AvgIpc) is 2.48. The van der Waals surface area contributed by atoms with Gasteiger partial charge in [0.2, 0.25) is 5.91 Å². The van der Waals surface area contributed by atoms with Crippen LogP contribution in [0, 0.1) is 11.6 Å². The van der Waals surface area contributed by atoms with E-state index < -0.39 is 29.5 Å². The first-order valence-corrected chi connectivity index (χ1v) is 6.62. The number of nitrogens with zero attached hydrogens (tertiary/aromatic N) is 1. The summed E-state index contributed by atoms with van der Waals surface area (Å²) in [6.45, 7) is 3.51. The monoisotopic (exact) mass is 299 g/mol. The van der Waals surface area contributed by atoms with Gasteiger partial charge in [0.05, 0.1) is 6.42 Å². The summed E-state index contributed by atoms with van der Waals surface area (Å²) < 4.78 is 27.0. The molecule has 1 rings (SSSR count). The van der Waals surface area contributed by atoms with Crippen molar-refractivity contribution in [3.63, 3.8) is 0 Å². The molecule has 0 spiro atoms. The van der Waals surface area contributed by atoms with E-state index in [0.717, 1.165) is 12.1 Å². The van der Waals surface area contributed by atoms with Gasteiger partial charge >= 0.3 is 0 Å². The normalized spacial score (nSPS) is 12.3. The van der Waals surface area contributed by atoms with Gasteiger partial charge in [-0.05, 0) is 25.0 Å². The lowest BCUT2D eigenvalue weighted by Crippen LogP contribution is -2.57. The molecule has 5 nitrogen and oxygen atoms in total. The van der Waals surface area contributed by atoms with Crippen molar-refractivity contribution in [3.8, 4) is 0 Å². The fourth-order valence-electron chi connectivity index (χ4n) is 2.12. The molecule has 0 saturated heterocycles. The van der Waals surface area contributed by atoms with E-state index in [0.29, 0.717) is 12.8 Å². The minimum Gasteiger partial charge on any atom is -0.409 e. The van der Waals surface area contributed by atoms with Crippen molar-refractivity contribution >= 4 is 11.7 Å². The molecule has 1 aromatic carbocycles. The molecule has 0 heterocycles. The summed E-state index contributed by atoms with van der Waals surface area (Å²) in [7, 11) is 0. The highest BCUT2D eigenvalue weighted by atomic mass is 19.1. The summed E-state index contributed by atoms with van der Waals surface area (Å²) in [5, 5.41) is 14.3. The van der Waals surface area contributed by atoms with Crippen LogP contribution in [0.2, 0.25) is 0 Å². The Morgan fingerprint density at radius 3 is 2.29 bits per heavy atom. The number of hydrogen-bond donors (Lipinski definition) is 3. The van der Waals surface area contributed by atoms with Crippen LogP contribution in [-0.4, -0.2) is 22.5 Å². The van der Waals surface area contributed by atoms with Crippen LogP contribution >= 0.6 is 0 Å². The summed E-state index contributed by atoms with van der Waals surface area (Å²) >= 11 is 0. The summed E-state index contributed by atoms with van der Waals surface area (Å²) in [6.07, 6.45) is 0.300. The minimum absolute atomic E-state index is 0.144. The molecule has 0 radical (unpaired) electrons. The van der Waals surface area contributed by atoms with E-state index in [1.165, 1.54) is 6.07 Å². The Bertz CT molecular complexity index is 523. The number of nitrogens with two attached hydrogens (primary N) is 1. The van der Waals surface area contributed by atoms with Crippen LogP contribution in [0.5, 0.6) is 0 Å². The molecule has 0 aliphatic carbocycles. The summed E-state index contributed by atoms with van der Waals surface area (Å²) in [6, 6.07) is 3.40. The third kappa shape index (κ3) is 3.68. The first-order chi connectivity index (χ1) is 9.90. The molecule has 0 fully saturated rings. The van der Waals surface area contributed by atoms with E-state index in [1.54, 1.807) is 13.8 Å². The van der Waals surface area contributed by atoms with Gasteiger partial charge in [-0.1, -0.05) is 25.1 Å². The van der Waals surface area contributed by atoms with Gasteiger partial charge < -0.3 is 16.3 Å². The van der Waals surface area contributed by atoms with Crippen molar-refractivity contribution in [2.24, 2.45) is 10.9 Å². The van der Waals surface area contributed by atoms with Gasteiger partial charge in [-0.15, -0.1) is 0 Å². The van der Waals surface area contributed by atoms with Crippen LogP contribution < -0.4 is 11.1 Å². The Balaban J connectivity index is 2.94. The van der Waals surface area contributed by atoms with Crippen molar-refractivity contribution in [2.75, 3.05) is 0 Å². The molecule has 21 heavy (non-hydrogen) atoms. The molecule has 1 amide bonds. The second-order valence-corrected chi connectivity index (χ2v) is 4.70. The first-order valence-electron chi connectivity index (χ1n) is 6.62. The van der Waals surface area contributed by atoms with E-state index in [9.17, 15) is 13.6 Å². The van der Waals surface area contributed by atoms with Crippen molar-refractivity contribution < 1.29 is 18.8 Å². The van der Waals surface area contributed by atoms with Crippen molar-refractivity contribution in [1.82, 2.24) is 5.32 Å². The Morgan fingerprint density at radius 2 is 1.86 bits per heavy atom. The number of rotatable bonds is 6. The van der Waals surface area contributed by atoms with E-state index in [-0.39, 0.29) is 11.4 Å². The predicted octanol–water partition coefficient (Wildman–Crippen LogP) is 1.93. The quantitative estimate of drug-likeness (QED) is 0.324. The zero-order valence-electron chi connectivity index (χ0n) is 12.0. The molecular formula is C14H19F2N3O2. The molecule has 0 aliphatic rings. The predicted molar refractivity (Wildman–Crippen MR) is 74.9 cm³/mol. The maximum absolute atomic E-state index is 13.5. The van der Waals surface area contributed by atoms with Gasteiger partial charge in [0.15, 0.2) is 5.84 Å².